The fourth-order valence-corrected chi connectivity index (χ4v) is 2.28. The summed E-state index contributed by atoms with van der Waals surface area (Å²) in [7, 11) is 0. The van der Waals surface area contributed by atoms with Gasteiger partial charge in [-0.3, -0.25) is 0 Å². The molecular weight excluding hydrogens is 198 g/mol. The predicted molar refractivity (Wildman–Crippen MR) is 66.9 cm³/mol. The van der Waals surface area contributed by atoms with Gasteiger partial charge in [-0.1, -0.05) is 31.5 Å². The summed E-state index contributed by atoms with van der Waals surface area (Å²) in [6, 6.07) is 7.40. The third kappa shape index (κ3) is 2.22. The minimum Gasteiger partial charge on any atom is -0.491 e. The van der Waals surface area contributed by atoms with Crippen LogP contribution in [0.5, 0.6) is 5.75 Å². The van der Waals surface area contributed by atoms with Gasteiger partial charge in [0, 0.05) is 11.6 Å². The summed E-state index contributed by atoms with van der Waals surface area (Å²) in [5, 5.41) is 3.67. The third-order valence-corrected chi connectivity index (χ3v) is 3.37. The van der Waals surface area contributed by atoms with Gasteiger partial charge in [0.05, 0.1) is 6.04 Å². The molecule has 0 radical (unpaired) electrons. The van der Waals surface area contributed by atoms with Crippen LogP contribution in [0.1, 0.15) is 43.9 Å². The van der Waals surface area contributed by atoms with Crippen molar-refractivity contribution < 1.29 is 4.74 Å². The lowest BCUT2D eigenvalue weighted by molar-refractivity contribution is 0.293. The molecule has 0 spiro atoms. The first-order valence-corrected chi connectivity index (χ1v) is 6.24. The van der Waals surface area contributed by atoms with Crippen LogP contribution in [0.4, 0.5) is 0 Å². The molecule has 1 aromatic carbocycles. The highest BCUT2D eigenvalue weighted by molar-refractivity contribution is 5.42. The number of hydrogen-bond donors (Lipinski definition) is 1. The summed E-state index contributed by atoms with van der Waals surface area (Å²) in [4.78, 5) is 0. The maximum absolute atomic E-state index is 5.69. The number of nitrogens with one attached hydrogen (secondary N) is 1. The van der Waals surface area contributed by atoms with Gasteiger partial charge in [0.25, 0.3) is 0 Å². The van der Waals surface area contributed by atoms with Crippen LogP contribution in [0.15, 0.2) is 18.2 Å². The van der Waals surface area contributed by atoms with E-state index < -0.39 is 0 Å². The van der Waals surface area contributed by atoms with Crippen molar-refractivity contribution in [2.24, 2.45) is 0 Å². The monoisotopic (exact) mass is 219 g/mol. The molecule has 1 aromatic rings. The van der Waals surface area contributed by atoms with E-state index in [9.17, 15) is 0 Å². The highest BCUT2D eigenvalue weighted by Gasteiger charge is 2.25. The minimum absolute atomic E-state index is 0.375. The molecule has 1 heterocycles. The van der Waals surface area contributed by atoms with Crippen molar-refractivity contribution >= 4 is 0 Å². The average Bonchev–Trinajstić information content (AvgIpc) is 2.68. The molecule has 1 aliphatic heterocycles. The van der Waals surface area contributed by atoms with E-state index in [1.54, 1.807) is 0 Å². The summed E-state index contributed by atoms with van der Waals surface area (Å²) >= 11 is 0. The Hall–Kier alpha value is -1.02. The maximum atomic E-state index is 5.69. The average molecular weight is 219 g/mol. The van der Waals surface area contributed by atoms with Crippen LogP contribution in [0, 0.1) is 6.92 Å². The largest absolute Gasteiger partial charge is 0.491 e. The van der Waals surface area contributed by atoms with Gasteiger partial charge in [-0.25, -0.2) is 0 Å². The fraction of sp³-hybridized carbons (Fsp3) is 0.571. The second kappa shape index (κ2) is 4.88. The van der Waals surface area contributed by atoms with Crippen molar-refractivity contribution in [1.82, 2.24) is 5.32 Å². The van der Waals surface area contributed by atoms with Gasteiger partial charge in [0.1, 0.15) is 12.4 Å². The first kappa shape index (κ1) is 11.5. The van der Waals surface area contributed by atoms with Crippen molar-refractivity contribution in [2.75, 3.05) is 6.61 Å². The topological polar surface area (TPSA) is 21.3 Å². The van der Waals surface area contributed by atoms with Gasteiger partial charge in [-0.05, 0) is 25.8 Å². The van der Waals surface area contributed by atoms with E-state index in [0.717, 1.165) is 12.4 Å². The first-order valence-electron chi connectivity index (χ1n) is 6.24. The standard InChI is InChI=1S/C14H21NO/c1-4-11(5-2)15-13-9-16-14-7-6-10(3)8-12(13)14/h6-8,11,13,15H,4-5,9H2,1-3H3. The molecule has 0 aliphatic carbocycles. The Morgan fingerprint density at radius 2 is 2.12 bits per heavy atom. The summed E-state index contributed by atoms with van der Waals surface area (Å²) in [6.07, 6.45) is 2.35. The number of ether oxygens (including phenoxy) is 1. The van der Waals surface area contributed by atoms with E-state index in [2.05, 4.69) is 44.3 Å². The molecule has 0 fully saturated rings. The first-order chi connectivity index (χ1) is 7.74. The third-order valence-electron chi connectivity index (χ3n) is 3.37. The zero-order valence-electron chi connectivity index (χ0n) is 10.4. The Morgan fingerprint density at radius 1 is 1.38 bits per heavy atom. The van der Waals surface area contributed by atoms with Gasteiger partial charge >= 0.3 is 0 Å². The molecule has 0 saturated heterocycles. The molecule has 2 rings (SSSR count). The minimum atomic E-state index is 0.375. The molecule has 1 unspecified atom stereocenters. The van der Waals surface area contributed by atoms with Crippen LogP contribution in [-0.2, 0) is 0 Å². The number of fused-ring (bicyclic) bond motifs is 1. The molecule has 16 heavy (non-hydrogen) atoms. The molecular formula is C14H21NO. The summed E-state index contributed by atoms with van der Waals surface area (Å²) in [6.45, 7) is 7.37. The number of benzene rings is 1. The van der Waals surface area contributed by atoms with Crippen molar-refractivity contribution in [3.8, 4) is 5.75 Å². The van der Waals surface area contributed by atoms with Gasteiger partial charge in [-0.2, -0.15) is 0 Å². The Labute approximate surface area is 98.0 Å². The smallest absolute Gasteiger partial charge is 0.124 e. The lowest BCUT2D eigenvalue weighted by Gasteiger charge is -2.19. The second-order valence-electron chi connectivity index (χ2n) is 4.58. The molecule has 2 heteroatoms. The van der Waals surface area contributed by atoms with Gasteiger partial charge in [0.15, 0.2) is 0 Å². The lowest BCUT2D eigenvalue weighted by atomic mass is 10.0. The van der Waals surface area contributed by atoms with Crippen LogP contribution < -0.4 is 10.1 Å². The Bertz CT molecular complexity index is 358. The van der Waals surface area contributed by atoms with Crippen LogP contribution in [-0.4, -0.2) is 12.6 Å². The van der Waals surface area contributed by atoms with Crippen LogP contribution in [0.3, 0.4) is 0 Å². The van der Waals surface area contributed by atoms with Gasteiger partial charge in [0.2, 0.25) is 0 Å². The molecule has 0 amide bonds. The zero-order chi connectivity index (χ0) is 11.5. The van der Waals surface area contributed by atoms with Crippen molar-refractivity contribution in [1.29, 1.82) is 0 Å². The summed E-state index contributed by atoms with van der Waals surface area (Å²) in [5.41, 5.74) is 2.63. The van der Waals surface area contributed by atoms with E-state index in [-0.39, 0.29) is 0 Å². The van der Waals surface area contributed by atoms with Crippen LogP contribution in [0.25, 0.3) is 0 Å². The quantitative estimate of drug-likeness (QED) is 0.839. The van der Waals surface area contributed by atoms with E-state index in [4.69, 9.17) is 4.74 Å². The highest BCUT2D eigenvalue weighted by Crippen LogP contribution is 2.33. The van der Waals surface area contributed by atoms with E-state index in [1.165, 1.54) is 24.0 Å². The normalized spacial score (nSPS) is 18.6. The second-order valence-corrected chi connectivity index (χ2v) is 4.58. The predicted octanol–water partition coefficient (Wildman–Crippen LogP) is 3.21. The van der Waals surface area contributed by atoms with E-state index in [0.29, 0.717) is 12.1 Å². The Morgan fingerprint density at radius 3 is 2.81 bits per heavy atom. The van der Waals surface area contributed by atoms with Gasteiger partial charge < -0.3 is 10.1 Å². The number of hydrogen-bond acceptors (Lipinski definition) is 2. The molecule has 0 aromatic heterocycles. The van der Waals surface area contributed by atoms with Crippen molar-refractivity contribution in [3.63, 3.8) is 0 Å². The van der Waals surface area contributed by atoms with Gasteiger partial charge in [-0.15, -0.1) is 0 Å². The van der Waals surface area contributed by atoms with Crippen molar-refractivity contribution in [2.45, 2.75) is 45.7 Å². The van der Waals surface area contributed by atoms with E-state index in [1.807, 2.05) is 0 Å². The number of rotatable bonds is 4. The highest BCUT2D eigenvalue weighted by atomic mass is 16.5. The lowest BCUT2D eigenvalue weighted by Crippen LogP contribution is -2.32. The molecule has 1 aliphatic rings. The zero-order valence-corrected chi connectivity index (χ0v) is 10.4. The SMILES string of the molecule is CCC(CC)NC1COc2ccc(C)cc21. The van der Waals surface area contributed by atoms with Crippen LogP contribution >= 0.6 is 0 Å². The van der Waals surface area contributed by atoms with Crippen LogP contribution in [0.2, 0.25) is 0 Å². The molecule has 1 atom stereocenters. The van der Waals surface area contributed by atoms with E-state index >= 15 is 0 Å². The molecule has 0 bridgehead atoms. The maximum Gasteiger partial charge on any atom is 0.124 e. The molecule has 88 valence electrons. The molecule has 1 N–H and O–H groups in total. The fourth-order valence-electron chi connectivity index (χ4n) is 2.28. The molecule has 2 nitrogen and oxygen atoms in total. The Balaban J connectivity index is 2.13. The summed E-state index contributed by atoms with van der Waals surface area (Å²) < 4.78 is 5.69. The molecule has 0 saturated carbocycles. The number of aryl methyl sites for hydroxylation is 1. The van der Waals surface area contributed by atoms with Crippen molar-refractivity contribution in [3.05, 3.63) is 29.3 Å². The Kier molecular flexibility index (Phi) is 3.49. The summed E-state index contributed by atoms with van der Waals surface area (Å²) in [5.74, 6) is 1.05.